The van der Waals surface area contributed by atoms with Gasteiger partial charge in [-0.1, -0.05) is 0 Å². The summed E-state index contributed by atoms with van der Waals surface area (Å²) in [6.45, 7) is 2.05. The van der Waals surface area contributed by atoms with Gasteiger partial charge in [-0.25, -0.2) is 4.39 Å². The van der Waals surface area contributed by atoms with Gasteiger partial charge in [0.2, 0.25) is 5.82 Å². The second kappa shape index (κ2) is 5.96. The third-order valence-electron chi connectivity index (χ3n) is 2.86. The van der Waals surface area contributed by atoms with Crippen LogP contribution in [0, 0.1) is 28.7 Å². The summed E-state index contributed by atoms with van der Waals surface area (Å²) in [5.74, 6) is -3.21. The van der Waals surface area contributed by atoms with Crippen LogP contribution in [-0.2, 0) is 6.54 Å². The van der Waals surface area contributed by atoms with Crippen molar-refractivity contribution in [2.45, 2.75) is 13.5 Å². The van der Waals surface area contributed by atoms with E-state index in [2.05, 4.69) is 5.32 Å². The number of carbonyl (C=O) groups is 1. The number of benzene rings is 1. The average molecular weight is 312 g/mol. The van der Waals surface area contributed by atoms with E-state index in [1.165, 1.54) is 11.3 Å². The highest BCUT2D eigenvalue weighted by Gasteiger charge is 2.22. The molecule has 21 heavy (non-hydrogen) atoms. The molecule has 0 bridgehead atoms. The van der Waals surface area contributed by atoms with E-state index < -0.39 is 33.7 Å². The van der Waals surface area contributed by atoms with Gasteiger partial charge in [0.25, 0.3) is 5.91 Å². The summed E-state index contributed by atoms with van der Waals surface area (Å²) in [7, 11) is 0. The molecule has 1 amide bonds. The number of nitro benzene ring substituents is 1. The molecule has 2 aromatic rings. The zero-order valence-corrected chi connectivity index (χ0v) is 11.7. The fourth-order valence-corrected chi connectivity index (χ4v) is 2.54. The highest BCUT2D eigenvalue weighted by atomic mass is 32.1. The lowest BCUT2D eigenvalue weighted by atomic mass is 10.1. The van der Waals surface area contributed by atoms with Crippen LogP contribution in [0.4, 0.5) is 14.5 Å². The van der Waals surface area contributed by atoms with Crippen molar-refractivity contribution in [3.05, 3.63) is 61.3 Å². The van der Waals surface area contributed by atoms with Gasteiger partial charge in [-0.05, 0) is 30.0 Å². The summed E-state index contributed by atoms with van der Waals surface area (Å²) in [6.07, 6.45) is 0. The van der Waals surface area contributed by atoms with Gasteiger partial charge in [-0.2, -0.15) is 4.39 Å². The van der Waals surface area contributed by atoms with Crippen LogP contribution >= 0.6 is 11.3 Å². The smallest absolute Gasteiger partial charge is 0.307 e. The van der Waals surface area contributed by atoms with Crippen LogP contribution in [0.5, 0.6) is 0 Å². The Morgan fingerprint density at radius 2 is 2.10 bits per heavy atom. The van der Waals surface area contributed by atoms with Crippen LogP contribution in [0.2, 0.25) is 0 Å². The Balaban J connectivity index is 2.18. The van der Waals surface area contributed by atoms with Crippen molar-refractivity contribution >= 4 is 22.9 Å². The lowest BCUT2D eigenvalue weighted by Gasteiger charge is -2.06. The Hall–Kier alpha value is -2.35. The number of hydrogen-bond acceptors (Lipinski definition) is 4. The number of aryl methyl sites for hydroxylation is 1. The van der Waals surface area contributed by atoms with Crippen molar-refractivity contribution in [2.24, 2.45) is 0 Å². The standard InChI is InChI=1S/C13H10F2N2O3S/c1-7-2-3-21-12(7)6-16-13(18)8-4-10(15)11(17(19)20)5-9(8)14/h2-5H,6H2,1H3,(H,16,18). The normalized spacial score (nSPS) is 10.4. The van der Waals surface area contributed by atoms with Gasteiger partial charge in [0.15, 0.2) is 0 Å². The topological polar surface area (TPSA) is 72.2 Å². The summed E-state index contributed by atoms with van der Waals surface area (Å²) in [5.41, 5.74) is -0.582. The molecule has 8 heteroatoms. The van der Waals surface area contributed by atoms with E-state index >= 15 is 0 Å². The first kappa shape index (κ1) is 15.0. The van der Waals surface area contributed by atoms with Crippen LogP contribution < -0.4 is 5.32 Å². The Morgan fingerprint density at radius 3 is 2.67 bits per heavy atom. The summed E-state index contributed by atoms with van der Waals surface area (Å²) in [6, 6.07) is 2.81. The van der Waals surface area contributed by atoms with Crippen LogP contribution in [0.25, 0.3) is 0 Å². The van der Waals surface area contributed by atoms with E-state index in [4.69, 9.17) is 0 Å². The predicted octanol–water partition coefficient (Wildman–Crippen LogP) is 3.17. The largest absolute Gasteiger partial charge is 0.347 e. The number of hydrogen-bond donors (Lipinski definition) is 1. The zero-order valence-electron chi connectivity index (χ0n) is 10.9. The van der Waals surface area contributed by atoms with E-state index in [1.54, 1.807) is 0 Å². The number of nitrogens with one attached hydrogen (secondary N) is 1. The van der Waals surface area contributed by atoms with Gasteiger partial charge in [-0.3, -0.25) is 14.9 Å². The van der Waals surface area contributed by atoms with E-state index in [9.17, 15) is 23.7 Å². The monoisotopic (exact) mass is 312 g/mol. The molecule has 0 saturated heterocycles. The maximum absolute atomic E-state index is 13.7. The van der Waals surface area contributed by atoms with Crippen LogP contribution in [0.3, 0.4) is 0 Å². The predicted molar refractivity (Wildman–Crippen MR) is 73.2 cm³/mol. The van der Waals surface area contributed by atoms with Crippen molar-refractivity contribution in [3.8, 4) is 0 Å². The minimum Gasteiger partial charge on any atom is -0.347 e. The minimum absolute atomic E-state index is 0.181. The lowest BCUT2D eigenvalue weighted by molar-refractivity contribution is -0.387. The number of nitrogens with zero attached hydrogens (tertiary/aromatic N) is 1. The van der Waals surface area contributed by atoms with Gasteiger partial charge in [0.05, 0.1) is 23.1 Å². The second-order valence-corrected chi connectivity index (χ2v) is 5.25. The summed E-state index contributed by atoms with van der Waals surface area (Å²) in [4.78, 5) is 22.1. The first-order valence-electron chi connectivity index (χ1n) is 5.84. The quantitative estimate of drug-likeness (QED) is 0.696. The number of carbonyl (C=O) groups excluding carboxylic acids is 1. The Kier molecular flexibility index (Phi) is 4.27. The van der Waals surface area contributed by atoms with Gasteiger partial charge in [-0.15, -0.1) is 11.3 Å². The number of rotatable bonds is 4. The third kappa shape index (κ3) is 3.22. The molecule has 0 unspecified atom stereocenters. The van der Waals surface area contributed by atoms with E-state index in [0.29, 0.717) is 12.1 Å². The van der Waals surface area contributed by atoms with E-state index in [1.807, 2.05) is 18.4 Å². The third-order valence-corrected chi connectivity index (χ3v) is 3.88. The van der Waals surface area contributed by atoms with Gasteiger partial charge >= 0.3 is 5.69 Å². The minimum atomic E-state index is -1.25. The summed E-state index contributed by atoms with van der Waals surface area (Å²) in [5, 5.41) is 14.8. The van der Waals surface area contributed by atoms with E-state index in [0.717, 1.165) is 10.4 Å². The number of halogens is 2. The molecule has 110 valence electrons. The molecule has 0 spiro atoms. The molecule has 1 N–H and O–H groups in total. The van der Waals surface area contributed by atoms with Gasteiger partial charge in [0, 0.05) is 4.88 Å². The van der Waals surface area contributed by atoms with Crippen LogP contribution in [0.1, 0.15) is 20.8 Å². The highest BCUT2D eigenvalue weighted by molar-refractivity contribution is 7.10. The SMILES string of the molecule is Cc1ccsc1CNC(=O)c1cc(F)c([N+](=O)[O-])cc1F. The lowest BCUT2D eigenvalue weighted by Crippen LogP contribution is -2.24. The summed E-state index contributed by atoms with van der Waals surface area (Å²) >= 11 is 1.43. The molecule has 5 nitrogen and oxygen atoms in total. The van der Waals surface area contributed by atoms with Crippen molar-refractivity contribution < 1.29 is 18.5 Å². The van der Waals surface area contributed by atoms with E-state index in [-0.39, 0.29) is 6.54 Å². The Morgan fingerprint density at radius 1 is 1.38 bits per heavy atom. The molecular weight excluding hydrogens is 302 g/mol. The van der Waals surface area contributed by atoms with Crippen LogP contribution in [-0.4, -0.2) is 10.8 Å². The maximum atomic E-state index is 13.7. The average Bonchev–Trinajstić information content (AvgIpc) is 2.83. The zero-order chi connectivity index (χ0) is 15.6. The highest BCUT2D eigenvalue weighted by Crippen LogP contribution is 2.22. The molecule has 0 fully saturated rings. The molecule has 0 aliphatic rings. The van der Waals surface area contributed by atoms with Crippen molar-refractivity contribution in [3.63, 3.8) is 0 Å². The number of nitro groups is 1. The van der Waals surface area contributed by atoms with Gasteiger partial charge in [0.1, 0.15) is 5.82 Å². The molecule has 0 aliphatic heterocycles. The van der Waals surface area contributed by atoms with Gasteiger partial charge < -0.3 is 5.32 Å². The summed E-state index contributed by atoms with van der Waals surface area (Å²) < 4.78 is 27.1. The van der Waals surface area contributed by atoms with Crippen LogP contribution in [0.15, 0.2) is 23.6 Å². The fourth-order valence-electron chi connectivity index (χ4n) is 1.69. The maximum Gasteiger partial charge on any atom is 0.307 e. The van der Waals surface area contributed by atoms with Crippen molar-refractivity contribution in [2.75, 3.05) is 0 Å². The molecule has 1 aromatic carbocycles. The first-order valence-corrected chi connectivity index (χ1v) is 6.72. The molecule has 0 saturated carbocycles. The van der Waals surface area contributed by atoms with Crippen molar-refractivity contribution in [1.82, 2.24) is 5.32 Å². The molecule has 1 heterocycles. The first-order chi connectivity index (χ1) is 9.90. The molecule has 0 aliphatic carbocycles. The Bertz CT molecular complexity index is 715. The molecule has 2 rings (SSSR count). The Labute approximate surface area is 122 Å². The number of amides is 1. The molecule has 0 radical (unpaired) electrons. The fraction of sp³-hybridized carbons (Fsp3) is 0.154. The molecule has 0 atom stereocenters. The van der Waals surface area contributed by atoms with Crippen molar-refractivity contribution in [1.29, 1.82) is 0 Å². The number of thiophene rings is 1. The molecular formula is C13H10F2N2O3S. The molecule has 1 aromatic heterocycles. The second-order valence-electron chi connectivity index (χ2n) is 4.25.